The first-order valence-corrected chi connectivity index (χ1v) is 13.6. The van der Waals surface area contributed by atoms with Gasteiger partial charge in [-0.05, 0) is 56.5 Å². The number of piperazine rings is 1. The second-order valence-electron chi connectivity index (χ2n) is 9.73. The van der Waals surface area contributed by atoms with Gasteiger partial charge < -0.3 is 15.1 Å². The number of piperidine rings is 1. The van der Waals surface area contributed by atoms with E-state index < -0.39 is 0 Å². The third-order valence-corrected chi connectivity index (χ3v) is 7.63. The van der Waals surface area contributed by atoms with Gasteiger partial charge >= 0.3 is 0 Å². The molecule has 8 nitrogen and oxygen atoms in total. The number of aromatic nitrogens is 1. The summed E-state index contributed by atoms with van der Waals surface area (Å²) in [5.74, 6) is 0.606. The summed E-state index contributed by atoms with van der Waals surface area (Å²) in [6.07, 6.45) is 5.66. The molecule has 3 heterocycles. The molecule has 2 amide bonds. The van der Waals surface area contributed by atoms with Crippen LogP contribution in [-0.2, 0) is 0 Å². The Bertz CT molecular complexity index is 1140. The SMILES string of the molecule is CCC[C@H]1CN(c2ncc(C(=O)NCC)cc2Cl)CCN1C1CCN(C(=O)c2ccc(C#N)cc2)CC1. The average Bonchev–Trinajstić information content (AvgIpc) is 2.93. The van der Waals surface area contributed by atoms with E-state index in [1.54, 1.807) is 36.5 Å². The molecule has 2 saturated heterocycles. The van der Waals surface area contributed by atoms with Crippen LogP contribution in [0.2, 0.25) is 5.02 Å². The van der Waals surface area contributed by atoms with Crippen LogP contribution < -0.4 is 10.2 Å². The molecule has 37 heavy (non-hydrogen) atoms. The zero-order valence-corrected chi connectivity index (χ0v) is 22.4. The second kappa shape index (κ2) is 12.4. The van der Waals surface area contributed by atoms with Crippen LogP contribution in [0.1, 0.15) is 65.8 Å². The van der Waals surface area contributed by atoms with Crippen LogP contribution in [0.25, 0.3) is 0 Å². The van der Waals surface area contributed by atoms with E-state index in [1.165, 1.54) is 0 Å². The van der Waals surface area contributed by atoms with E-state index in [0.717, 1.165) is 64.2 Å². The zero-order valence-electron chi connectivity index (χ0n) is 21.6. The molecule has 1 aromatic heterocycles. The Labute approximate surface area is 224 Å². The molecule has 0 spiro atoms. The molecule has 4 rings (SSSR count). The lowest BCUT2D eigenvalue weighted by molar-refractivity contribution is 0.0481. The van der Waals surface area contributed by atoms with Crippen molar-refractivity contribution in [3.63, 3.8) is 0 Å². The smallest absolute Gasteiger partial charge is 0.253 e. The predicted molar refractivity (Wildman–Crippen MR) is 145 cm³/mol. The molecular weight excluding hydrogens is 488 g/mol. The van der Waals surface area contributed by atoms with Gasteiger partial charge in [0.1, 0.15) is 5.82 Å². The molecule has 196 valence electrons. The molecular formula is C28H35ClN6O2. The third-order valence-electron chi connectivity index (χ3n) is 7.35. The fourth-order valence-corrected chi connectivity index (χ4v) is 5.74. The first kappa shape index (κ1) is 26.9. The number of benzene rings is 1. The highest BCUT2D eigenvalue weighted by Crippen LogP contribution is 2.30. The van der Waals surface area contributed by atoms with Crippen molar-refractivity contribution in [3.05, 3.63) is 58.2 Å². The van der Waals surface area contributed by atoms with Crippen LogP contribution in [0.3, 0.4) is 0 Å². The number of halogens is 1. The molecule has 0 aliphatic carbocycles. The van der Waals surface area contributed by atoms with Crippen molar-refractivity contribution in [2.75, 3.05) is 44.2 Å². The number of hydrogen-bond donors (Lipinski definition) is 1. The standard InChI is InChI=1S/C28H35ClN6O2/c1-3-5-24-19-34(26-25(29)16-22(18-32-26)27(36)31-4-2)14-15-35(24)23-10-12-33(13-11-23)28(37)21-8-6-20(17-30)7-9-21/h6-9,16,18,23-24H,3-5,10-15,19H2,1-2H3,(H,31,36)/t24-/m0/s1. The molecule has 1 atom stereocenters. The quantitative estimate of drug-likeness (QED) is 0.592. The Morgan fingerprint density at radius 3 is 2.46 bits per heavy atom. The normalized spacial score (nSPS) is 18.9. The molecule has 2 fully saturated rings. The molecule has 0 radical (unpaired) electrons. The molecule has 9 heteroatoms. The molecule has 1 aromatic carbocycles. The molecule has 1 N–H and O–H groups in total. The maximum atomic E-state index is 13.0. The minimum absolute atomic E-state index is 0.0367. The predicted octanol–water partition coefficient (Wildman–Crippen LogP) is 3.95. The van der Waals surface area contributed by atoms with Gasteiger partial charge in [0.15, 0.2) is 0 Å². The summed E-state index contributed by atoms with van der Waals surface area (Å²) in [5.41, 5.74) is 1.67. The minimum Gasteiger partial charge on any atom is -0.353 e. The Morgan fingerprint density at radius 2 is 1.84 bits per heavy atom. The van der Waals surface area contributed by atoms with Gasteiger partial charge in [-0.1, -0.05) is 24.9 Å². The van der Waals surface area contributed by atoms with Gasteiger partial charge in [-0.15, -0.1) is 0 Å². The monoisotopic (exact) mass is 522 g/mol. The Kier molecular flexibility index (Phi) is 9.01. The summed E-state index contributed by atoms with van der Waals surface area (Å²) in [4.78, 5) is 36.5. The first-order chi connectivity index (χ1) is 17.9. The van der Waals surface area contributed by atoms with E-state index in [-0.39, 0.29) is 11.8 Å². The van der Waals surface area contributed by atoms with Crippen LogP contribution in [0.15, 0.2) is 36.5 Å². The number of carbonyl (C=O) groups excluding carboxylic acids is 2. The molecule has 2 aliphatic rings. The molecule has 2 aliphatic heterocycles. The number of hydrogen-bond acceptors (Lipinski definition) is 6. The van der Waals surface area contributed by atoms with Gasteiger partial charge in [-0.3, -0.25) is 14.5 Å². The van der Waals surface area contributed by atoms with Gasteiger partial charge in [-0.25, -0.2) is 4.98 Å². The van der Waals surface area contributed by atoms with E-state index in [1.807, 2.05) is 11.8 Å². The van der Waals surface area contributed by atoms with Crippen molar-refractivity contribution in [1.29, 1.82) is 5.26 Å². The van der Waals surface area contributed by atoms with E-state index in [9.17, 15) is 9.59 Å². The van der Waals surface area contributed by atoms with Crippen molar-refractivity contribution in [2.45, 2.75) is 51.6 Å². The number of nitrogens with one attached hydrogen (secondary N) is 1. The summed E-state index contributed by atoms with van der Waals surface area (Å²) in [5, 5.41) is 12.3. The molecule has 0 unspecified atom stereocenters. The van der Waals surface area contributed by atoms with Crippen LogP contribution in [0, 0.1) is 11.3 Å². The minimum atomic E-state index is -0.166. The lowest BCUT2D eigenvalue weighted by Crippen LogP contribution is -2.59. The van der Waals surface area contributed by atoms with Crippen molar-refractivity contribution in [1.82, 2.24) is 20.1 Å². The highest BCUT2D eigenvalue weighted by Gasteiger charge is 2.35. The number of anilines is 1. The van der Waals surface area contributed by atoms with E-state index in [0.29, 0.717) is 40.3 Å². The van der Waals surface area contributed by atoms with Crippen molar-refractivity contribution in [2.24, 2.45) is 0 Å². The Morgan fingerprint density at radius 1 is 1.11 bits per heavy atom. The average molecular weight is 523 g/mol. The second-order valence-corrected chi connectivity index (χ2v) is 10.1. The first-order valence-electron chi connectivity index (χ1n) is 13.2. The van der Waals surface area contributed by atoms with E-state index in [4.69, 9.17) is 16.9 Å². The number of likely N-dealkylation sites (tertiary alicyclic amines) is 1. The van der Waals surface area contributed by atoms with Gasteiger partial charge in [0, 0.05) is 63.1 Å². The Balaban J connectivity index is 1.38. The number of pyridine rings is 1. The van der Waals surface area contributed by atoms with Crippen LogP contribution in [0.4, 0.5) is 5.82 Å². The summed E-state index contributed by atoms with van der Waals surface area (Å²) in [6.45, 7) is 8.68. The lowest BCUT2D eigenvalue weighted by Gasteiger charge is -2.48. The summed E-state index contributed by atoms with van der Waals surface area (Å²) < 4.78 is 0. The molecule has 0 saturated carbocycles. The fraction of sp³-hybridized carbons (Fsp3) is 0.500. The topological polar surface area (TPSA) is 92.6 Å². The number of rotatable bonds is 7. The van der Waals surface area contributed by atoms with Gasteiger partial charge in [0.25, 0.3) is 11.8 Å². The summed E-state index contributed by atoms with van der Waals surface area (Å²) in [6, 6.07) is 11.5. The fourth-order valence-electron chi connectivity index (χ4n) is 5.45. The maximum Gasteiger partial charge on any atom is 0.253 e. The number of nitrogens with zero attached hydrogens (tertiary/aromatic N) is 5. The largest absolute Gasteiger partial charge is 0.353 e. The highest BCUT2D eigenvalue weighted by molar-refractivity contribution is 6.33. The van der Waals surface area contributed by atoms with Gasteiger partial charge in [-0.2, -0.15) is 5.26 Å². The summed E-state index contributed by atoms with van der Waals surface area (Å²) >= 11 is 6.58. The van der Waals surface area contributed by atoms with Crippen LogP contribution in [0.5, 0.6) is 0 Å². The number of amides is 2. The van der Waals surface area contributed by atoms with Crippen molar-refractivity contribution in [3.8, 4) is 6.07 Å². The van der Waals surface area contributed by atoms with Crippen LogP contribution in [-0.4, -0.2) is 78.0 Å². The van der Waals surface area contributed by atoms with E-state index >= 15 is 0 Å². The van der Waals surface area contributed by atoms with Crippen molar-refractivity contribution < 1.29 is 9.59 Å². The maximum absolute atomic E-state index is 13.0. The summed E-state index contributed by atoms with van der Waals surface area (Å²) in [7, 11) is 0. The lowest BCUT2D eigenvalue weighted by atomic mass is 9.96. The Hall–Kier alpha value is -3.15. The number of carbonyl (C=O) groups is 2. The molecule has 0 bridgehead atoms. The third kappa shape index (κ3) is 6.23. The zero-order chi connectivity index (χ0) is 26.4. The molecule has 2 aromatic rings. The highest BCUT2D eigenvalue weighted by atomic mass is 35.5. The number of nitriles is 1. The van der Waals surface area contributed by atoms with Crippen molar-refractivity contribution >= 4 is 29.2 Å². The van der Waals surface area contributed by atoms with Gasteiger partial charge in [0.2, 0.25) is 0 Å². The van der Waals surface area contributed by atoms with E-state index in [2.05, 4.69) is 33.1 Å². The van der Waals surface area contributed by atoms with Crippen LogP contribution >= 0.6 is 11.6 Å². The van der Waals surface area contributed by atoms with Gasteiger partial charge in [0.05, 0.1) is 22.2 Å².